The molecule has 0 N–H and O–H groups in total. The van der Waals surface area contributed by atoms with Gasteiger partial charge < -0.3 is 23.4 Å². The highest BCUT2D eigenvalue weighted by Crippen LogP contribution is 2.39. The lowest BCUT2D eigenvalue weighted by atomic mass is 10.1. The van der Waals surface area contributed by atoms with Gasteiger partial charge in [-0.25, -0.2) is 0 Å². The summed E-state index contributed by atoms with van der Waals surface area (Å²) in [6.45, 7) is 0. The molecule has 130 valence electrons. The summed E-state index contributed by atoms with van der Waals surface area (Å²) in [5.41, 5.74) is 0.620. The van der Waals surface area contributed by atoms with Crippen LogP contribution in [0.25, 0.3) is 22.3 Å². The summed E-state index contributed by atoms with van der Waals surface area (Å²) in [6, 6.07) is 10.5. The molecule has 0 saturated carbocycles. The highest BCUT2D eigenvalue weighted by molar-refractivity contribution is 5.89. The molecule has 0 aliphatic heterocycles. The fourth-order valence-electron chi connectivity index (χ4n) is 2.72. The summed E-state index contributed by atoms with van der Waals surface area (Å²) >= 11 is 0. The van der Waals surface area contributed by atoms with Crippen LogP contribution in [0.1, 0.15) is 0 Å². The minimum Gasteiger partial charge on any atom is -0.496 e. The van der Waals surface area contributed by atoms with Crippen LogP contribution >= 0.6 is 0 Å². The van der Waals surface area contributed by atoms with E-state index in [-0.39, 0.29) is 16.9 Å². The van der Waals surface area contributed by atoms with Crippen LogP contribution in [0.2, 0.25) is 0 Å². The van der Waals surface area contributed by atoms with E-state index < -0.39 is 0 Å². The second kappa shape index (κ2) is 6.76. The molecule has 0 spiro atoms. The number of ether oxygens (including phenoxy) is 4. The highest BCUT2D eigenvalue weighted by Gasteiger charge is 2.22. The van der Waals surface area contributed by atoms with Gasteiger partial charge >= 0.3 is 0 Å². The van der Waals surface area contributed by atoms with Crippen LogP contribution < -0.4 is 24.4 Å². The zero-order chi connectivity index (χ0) is 18.0. The molecule has 1 aromatic heterocycles. The van der Waals surface area contributed by atoms with E-state index in [1.165, 1.54) is 21.3 Å². The molecular formula is C19H18O6. The van der Waals surface area contributed by atoms with Gasteiger partial charge in [-0.1, -0.05) is 12.1 Å². The number of fused-ring (bicyclic) bond motifs is 1. The minimum absolute atomic E-state index is 0.0838. The van der Waals surface area contributed by atoms with Crippen LogP contribution in [0.15, 0.2) is 45.6 Å². The molecule has 1 heterocycles. The third-order valence-corrected chi connectivity index (χ3v) is 3.90. The van der Waals surface area contributed by atoms with Gasteiger partial charge in [0.05, 0.1) is 34.0 Å². The lowest BCUT2D eigenvalue weighted by molar-refractivity contribution is 0.387. The quantitative estimate of drug-likeness (QED) is 0.707. The summed E-state index contributed by atoms with van der Waals surface area (Å²) in [4.78, 5) is 13.0. The number of para-hydroxylation sites is 1. The van der Waals surface area contributed by atoms with Gasteiger partial charge in [0, 0.05) is 12.1 Å². The Labute approximate surface area is 144 Å². The molecule has 6 nitrogen and oxygen atoms in total. The molecule has 0 fully saturated rings. The number of methoxy groups -OCH3 is 4. The largest absolute Gasteiger partial charge is 0.496 e. The van der Waals surface area contributed by atoms with Crippen molar-refractivity contribution < 1.29 is 23.4 Å². The molecule has 6 heteroatoms. The summed E-state index contributed by atoms with van der Waals surface area (Å²) in [6.07, 6.45) is 0. The molecular weight excluding hydrogens is 324 g/mol. The van der Waals surface area contributed by atoms with Crippen molar-refractivity contribution in [2.24, 2.45) is 0 Å². The lowest BCUT2D eigenvalue weighted by Gasteiger charge is -2.14. The Morgan fingerprint density at radius 2 is 1.56 bits per heavy atom. The van der Waals surface area contributed by atoms with Crippen LogP contribution in [-0.4, -0.2) is 28.4 Å². The van der Waals surface area contributed by atoms with Crippen molar-refractivity contribution >= 4 is 11.0 Å². The Hall–Kier alpha value is -3.15. The van der Waals surface area contributed by atoms with E-state index in [2.05, 4.69) is 0 Å². The zero-order valence-corrected chi connectivity index (χ0v) is 14.4. The van der Waals surface area contributed by atoms with Crippen molar-refractivity contribution in [3.8, 4) is 34.3 Å². The van der Waals surface area contributed by atoms with E-state index in [1.807, 2.05) is 12.1 Å². The van der Waals surface area contributed by atoms with Gasteiger partial charge in [-0.2, -0.15) is 0 Å². The number of hydrogen-bond acceptors (Lipinski definition) is 6. The van der Waals surface area contributed by atoms with Crippen molar-refractivity contribution in [3.63, 3.8) is 0 Å². The van der Waals surface area contributed by atoms with Crippen LogP contribution in [-0.2, 0) is 0 Å². The Kier molecular flexibility index (Phi) is 4.52. The maximum Gasteiger partial charge on any atom is 0.239 e. The molecule has 0 bridgehead atoms. The highest BCUT2D eigenvalue weighted by atomic mass is 16.5. The van der Waals surface area contributed by atoms with Crippen molar-refractivity contribution in [3.05, 3.63) is 46.6 Å². The normalized spacial score (nSPS) is 10.6. The predicted molar refractivity (Wildman–Crippen MR) is 94.1 cm³/mol. The molecule has 0 amide bonds. The molecule has 3 rings (SSSR count). The molecule has 2 aromatic carbocycles. The topological polar surface area (TPSA) is 67.1 Å². The van der Waals surface area contributed by atoms with E-state index in [1.54, 1.807) is 31.4 Å². The van der Waals surface area contributed by atoms with Crippen LogP contribution in [0, 0.1) is 0 Å². The average molecular weight is 342 g/mol. The Balaban J connectivity index is 2.43. The predicted octanol–water partition coefficient (Wildman–Crippen LogP) is 3.49. The van der Waals surface area contributed by atoms with E-state index in [0.29, 0.717) is 33.8 Å². The SMILES string of the molecule is COc1cc(OC)c2c(=O)c(OC)c(-c3ccccc3OC)oc2c1. The van der Waals surface area contributed by atoms with Gasteiger partial charge in [-0.05, 0) is 12.1 Å². The number of rotatable bonds is 5. The standard InChI is InChI=1S/C19H18O6/c1-21-11-9-14(23-3)16-15(10-11)25-18(19(24-4)17(16)20)12-7-5-6-8-13(12)22-2/h5-10H,1-4H3. The summed E-state index contributed by atoms with van der Waals surface area (Å²) < 4.78 is 27.3. The molecule has 0 atom stereocenters. The first-order valence-electron chi connectivity index (χ1n) is 7.54. The fourth-order valence-corrected chi connectivity index (χ4v) is 2.72. The summed E-state index contributed by atoms with van der Waals surface area (Å²) in [5, 5.41) is 0.291. The van der Waals surface area contributed by atoms with E-state index in [0.717, 1.165) is 0 Å². The van der Waals surface area contributed by atoms with Crippen LogP contribution in [0.3, 0.4) is 0 Å². The summed E-state index contributed by atoms with van der Waals surface area (Å²) in [7, 11) is 5.99. The van der Waals surface area contributed by atoms with E-state index >= 15 is 0 Å². The first-order valence-corrected chi connectivity index (χ1v) is 7.54. The molecule has 0 radical (unpaired) electrons. The van der Waals surface area contributed by atoms with Crippen molar-refractivity contribution in [2.75, 3.05) is 28.4 Å². The van der Waals surface area contributed by atoms with Gasteiger partial charge in [-0.3, -0.25) is 4.79 Å². The van der Waals surface area contributed by atoms with Crippen LogP contribution in [0.4, 0.5) is 0 Å². The minimum atomic E-state index is -0.329. The van der Waals surface area contributed by atoms with Crippen molar-refractivity contribution in [1.29, 1.82) is 0 Å². The van der Waals surface area contributed by atoms with Gasteiger partial charge in [0.1, 0.15) is 28.2 Å². The third kappa shape index (κ3) is 2.76. The first kappa shape index (κ1) is 16.7. The zero-order valence-electron chi connectivity index (χ0n) is 14.4. The van der Waals surface area contributed by atoms with Gasteiger partial charge in [-0.15, -0.1) is 0 Å². The molecule has 0 aliphatic carbocycles. The molecule has 25 heavy (non-hydrogen) atoms. The molecule has 3 aromatic rings. The third-order valence-electron chi connectivity index (χ3n) is 3.90. The maximum absolute atomic E-state index is 13.0. The smallest absolute Gasteiger partial charge is 0.239 e. The number of hydrogen-bond donors (Lipinski definition) is 0. The Bertz CT molecular complexity index is 974. The van der Waals surface area contributed by atoms with E-state index in [9.17, 15) is 4.79 Å². The second-order valence-electron chi connectivity index (χ2n) is 5.20. The second-order valence-corrected chi connectivity index (χ2v) is 5.20. The number of benzene rings is 2. The van der Waals surface area contributed by atoms with Gasteiger partial charge in [0.2, 0.25) is 11.2 Å². The summed E-state index contributed by atoms with van der Waals surface area (Å²) in [5.74, 6) is 1.81. The average Bonchev–Trinajstić information content (AvgIpc) is 2.66. The lowest BCUT2D eigenvalue weighted by Crippen LogP contribution is -2.09. The van der Waals surface area contributed by atoms with Gasteiger partial charge in [0.25, 0.3) is 0 Å². The van der Waals surface area contributed by atoms with Crippen molar-refractivity contribution in [1.82, 2.24) is 0 Å². The fraction of sp³-hybridized carbons (Fsp3) is 0.211. The monoisotopic (exact) mass is 342 g/mol. The van der Waals surface area contributed by atoms with Crippen molar-refractivity contribution in [2.45, 2.75) is 0 Å². The van der Waals surface area contributed by atoms with Crippen LogP contribution in [0.5, 0.6) is 23.0 Å². The molecule has 0 aliphatic rings. The van der Waals surface area contributed by atoms with Gasteiger partial charge in [0.15, 0.2) is 5.76 Å². The van der Waals surface area contributed by atoms with E-state index in [4.69, 9.17) is 23.4 Å². The first-order chi connectivity index (χ1) is 12.1. The molecule has 0 unspecified atom stereocenters. The maximum atomic E-state index is 13.0. The molecule has 0 saturated heterocycles. The Morgan fingerprint density at radius 3 is 2.20 bits per heavy atom. The Morgan fingerprint density at radius 1 is 0.840 bits per heavy atom.